The molecule has 1 aliphatic rings. The van der Waals surface area contributed by atoms with Gasteiger partial charge in [-0.05, 0) is 19.3 Å². The first-order valence-corrected chi connectivity index (χ1v) is 2.96. The Bertz CT molecular complexity index is 62.9. The number of halogens is 2. The molecule has 0 N–H and O–H groups in total. The molecule has 0 spiro atoms. The molecule has 1 saturated carbocycles. The topological polar surface area (TPSA) is 0 Å². The van der Waals surface area contributed by atoms with Gasteiger partial charge in [0, 0.05) is 0 Å². The lowest BCUT2D eigenvalue weighted by Crippen LogP contribution is -2.13. The summed E-state index contributed by atoms with van der Waals surface area (Å²) in [6, 6.07) is 0. The van der Waals surface area contributed by atoms with Gasteiger partial charge < -0.3 is 0 Å². The Balaban J connectivity index is 2.28. The summed E-state index contributed by atoms with van der Waals surface area (Å²) in [5, 5.41) is 0. The highest BCUT2D eigenvalue weighted by Crippen LogP contribution is 2.28. The summed E-state index contributed by atoms with van der Waals surface area (Å²) in [6.07, 6.45) is 0.716. The van der Waals surface area contributed by atoms with E-state index in [0.29, 0.717) is 12.8 Å². The van der Waals surface area contributed by atoms with Gasteiger partial charge in [0.15, 0.2) is 6.17 Å². The van der Waals surface area contributed by atoms with Crippen LogP contribution in [-0.4, -0.2) is 6.17 Å². The molecule has 0 aliphatic heterocycles. The van der Waals surface area contributed by atoms with Crippen molar-refractivity contribution in [1.82, 2.24) is 0 Å². The van der Waals surface area contributed by atoms with Crippen molar-refractivity contribution in [1.29, 1.82) is 0 Å². The Morgan fingerprint density at radius 1 is 1.38 bits per heavy atom. The number of hydrogen-bond acceptors (Lipinski definition) is 0. The van der Waals surface area contributed by atoms with Crippen molar-refractivity contribution >= 4 is 0 Å². The van der Waals surface area contributed by atoms with Crippen LogP contribution in [0.1, 0.15) is 25.7 Å². The lowest BCUT2D eigenvalue weighted by molar-refractivity contribution is 0.202. The Labute approximate surface area is 47.9 Å². The molecule has 47 valence electrons. The highest BCUT2D eigenvalue weighted by molar-refractivity contribution is 4.89. The highest BCUT2D eigenvalue weighted by atomic mass is 19.2. The second-order valence-corrected chi connectivity index (χ2v) is 2.16. The molecular formula is C6H9F2. The molecule has 1 radical (unpaired) electrons. The molecule has 1 atom stereocenters. The first-order valence-electron chi connectivity index (χ1n) is 2.96. The van der Waals surface area contributed by atoms with Gasteiger partial charge in [0.1, 0.15) is 6.17 Å². The first kappa shape index (κ1) is 5.99. The smallest absolute Gasteiger partial charge is 0.178 e. The molecule has 0 bridgehead atoms. The minimum atomic E-state index is -1.25. The average Bonchev–Trinajstić information content (AvgIpc) is 1.77. The molecular weight excluding hydrogens is 110 g/mol. The Morgan fingerprint density at radius 3 is 2.50 bits per heavy atom. The molecule has 2 heteroatoms. The summed E-state index contributed by atoms with van der Waals surface area (Å²) >= 11 is 0. The largest absolute Gasteiger partial charge is 0.244 e. The highest BCUT2D eigenvalue weighted by Gasteiger charge is 2.24. The summed E-state index contributed by atoms with van der Waals surface area (Å²) < 4.78 is 24.3. The molecule has 1 rings (SSSR count). The summed E-state index contributed by atoms with van der Waals surface area (Å²) in [7, 11) is 0. The summed E-state index contributed by atoms with van der Waals surface area (Å²) in [5.74, 6) is 0. The van der Waals surface area contributed by atoms with Gasteiger partial charge in [0.05, 0.1) is 0 Å². The molecule has 0 aromatic heterocycles. The van der Waals surface area contributed by atoms with Crippen LogP contribution in [0.5, 0.6) is 0 Å². The molecule has 1 aliphatic carbocycles. The van der Waals surface area contributed by atoms with Crippen molar-refractivity contribution in [2.75, 3.05) is 0 Å². The van der Waals surface area contributed by atoms with Crippen molar-refractivity contribution in [3.05, 3.63) is 6.17 Å². The zero-order valence-corrected chi connectivity index (χ0v) is 4.66. The van der Waals surface area contributed by atoms with E-state index < -0.39 is 12.3 Å². The first-order chi connectivity index (χ1) is 3.80. The van der Waals surface area contributed by atoms with Gasteiger partial charge in [-0.2, -0.15) is 0 Å². The minimum absolute atomic E-state index is 0.348. The van der Waals surface area contributed by atoms with E-state index in [-0.39, 0.29) is 0 Å². The number of rotatable bonds is 0. The predicted octanol–water partition coefficient (Wildman–Crippen LogP) is 2.40. The maximum atomic E-state index is 12.2. The van der Waals surface area contributed by atoms with E-state index in [1.54, 1.807) is 0 Å². The lowest BCUT2D eigenvalue weighted by atomic mass is 9.97. The van der Waals surface area contributed by atoms with Crippen molar-refractivity contribution < 1.29 is 8.78 Å². The van der Waals surface area contributed by atoms with Crippen LogP contribution in [0.25, 0.3) is 0 Å². The second-order valence-electron chi connectivity index (χ2n) is 2.16. The zero-order chi connectivity index (χ0) is 5.98. The maximum absolute atomic E-state index is 12.2. The fourth-order valence-corrected chi connectivity index (χ4v) is 0.931. The molecule has 0 heterocycles. The van der Waals surface area contributed by atoms with Crippen LogP contribution in [0.2, 0.25) is 0 Å². The fraction of sp³-hybridized carbons (Fsp3) is 0.833. The van der Waals surface area contributed by atoms with E-state index in [9.17, 15) is 8.78 Å². The van der Waals surface area contributed by atoms with E-state index in [0.717, 1.165) is 12.8 Å². The average molecular weight is 119 g/mol. The predicted molar refractivity (Wildman–Crippen MR) is 27.7 cm³/mol. The van der Waals surface area contributed by atoms with Crippen LogP contribution in [0.4, 0.5) is 8.78 Å². The molecule has 0 aromatic rings. The maximum Gasteiger partial charge on any atom is 0.178 e. The van der Waals surface area contributed by atoms with Gasteiger partial charge >= 0.3 is 0 Å². The van der Waals surface area contributed by atoms with Gasteiger partial charge in [0.25, 0.3) is 0 Å². The fourth-order valence-electron chi connectivity index (χ4n) is 0.931. The Hall–Kier alpha value is -0.140. The third-order valence-electron chi connectivity index (χ3n) is 1.46. The van der Waals surface area contributed by atoms with Crippen molar-refractivity contribution in [2.45, 2.75) is 31.9 Å². The van der Waals surface area contributed by atoms with E-state index in [1.165, 1.54) is 0 Å². The second kappa shape index (κ2) is 2.42. The zero-order valence-electron chi connectivity index (χ0n) is 4.66. The molecule has 0 aromatic carbocycles. The molecule has 8 heavy (non-hydrogen) atoms. The quantitative estimate of drug-likeness (QED) is 0.459. The lowest BCUT2D eigenvalue weighted by Gasteiger charge is -2.16. The van der Waals surface area contributed by atoms with Gasteiger partial charge in [-0.1, -0.05) is 6.42 Å². The van der Waals surface area contributed by atoms with Gasteiger partial charge in [-0.25, -0.2) is 8.78 Å². The Morgan fingerprint density at radius 2 is 2.12 bits per heavy atom. The Kier molecular flexibility index (Phi) is 1.81. The molecule has 1 unspecified atom stereocenters. The summed E-state index contributed by atoms with van der Waals surface area (Å²) in [6.45, 7) is 0. The monoisotopic (exact) mass is 119 g/mol. The van der Waals surface area contributed by atoms with Crippen LogP contribution in [-0.2, 0) is 0 Å². The SMILES string of the molecule is F[C]1CCCCC1F. The van der Waals surface area contributed by atoms with E-state index in [2.05, 4.69) is 0 Å². The van der Waals surface area contributed by atoms with E-state index in [4.69, 9.17) is 0 Å². The number of alkyl halides is 1. The molecule has 0 nitrogen and oxygen atoms in total. The van der Waals surface area contributed by atoms with Crippen LogP contribution in [0.15, 0.2) is 0 Å². The van der Waals surface area contributed by atoms with Crippen LogP contribution in [0.3, 0.4) is 0 Å². The molecule has 0 saturated heterocycles. The standard InChI is InChI=1S/C6H9F2/c7-5-3-1-2-4-6(5)8/h5H,1-4H2. The minimum Gasteiger partial charge on any atom is -0.244 e. The van der Waals surface area contributed by atoms with Crippen molar-refractivity contribution in [3.8, 4) is 0 Å². The molecule has 0 amide bonds. The van der Waals surface area contributed by atoms with Gasteiger partial charge in [-0.15, -0.1) is 0 Å². The summed E-state index contributed by atoms with van der Waals surface area (Å²) in [4.78, 5) is 0. The summed E-state index contributed by atoms with van der Waals surface area (Å²) in [5.41, 5.74) is 0. The van der Waals surface area contributed by atoms with Gasteiger partial charge in [-0.3, -0.25) is 0 Å². The normalized spacial score (nSPS) is 33.0. The van der Waals surface area contributed by atoms with Crippen molar-refractivity contribution in [3.63, 3.8) is 0 Å². The van der Waals surface area contributed by atoms with Gasteiger partial charge in [0.2, 0.25) is 0 Å². The van der Waals surface area contributed by atoms with Crippen LogP contribution >= 0.6 is 0 Å². The molecule has 1 fully saturated rings. The third kappa shape index (κ3) is 1.17. The van der Waals surface area contributed by atoms with Crippen LogP contribution < -0.4 is 0 Å². The number of hydrogen-bond donors (Lipinski definition) is 0. The van der Waals surface area contributed by atoms with Crippen LogP contribution in [0, 0.1) is 6.17 Å². The van der Waals surface area contributed by atoms with E-state index in [1.807, 2.05) is 0 Å². The third-order valence-corrected chi connectivity index (χ3v) is 1.46. The van der Waals surface area contributed by atoms with E-state index >= 15 is 0 Å². The van der Waals surface area contributed by atoms with Crippen molar-refractivity contribution in [2.24, 2.45) is 0 Å².